The second kappa shape index (κ2) is 10.2. The van der Waals surface area contributed by atoms with E-state index in [1.165, 1.54) is 0 Å². The Morgan fingerprint density at radius 3 is 2.76 bits per heavy atom. The van der Waals surface area contributed by atoms with E-state index in [2.05, 4.69) is 15.3 Å². The minimum Gasteiger partial charge on any atom is -0.348 e. The van der Waals surface area contributed by atoms with Crippen molar-refractivity contribution >= 4 is 17.7 Å². The summed E-state index contributed by atoms with van der Waals surface area (Å²) in [6.07, 6.45) is 2.98. The van der Waals surface area contributed by atoms with Crippen LogP contribution >= 0.6 is 11.8 Å². The van der Waals surface area contributed by atoms with Crippen LogP contribution in [0.5, 0.6) is 0 Å². The maximum absolute atomic E-state index is 14.2. The molecule has 33 heavy (non-hydrogen) atoms. The molecule has 0 saturated heterocycles. The summed E-state index contributed by atoms with van der Waals surface area (Å²) in [5.74, 6) is -2.95. The predicted octanol–water partition coefficient (Wildman–Crippen LogP) is 5.53. The van der Waals surface area contributed by atoms with Crippen LogP contribution in [0, 0.1) is 17.2 Å². The molecule has 3 aromatic rings. The van der Waals surface area contributed by atoms with Gasteiger partial charge < -0.3 is 10.3 Å². The predicted molar refractivity (Wildman–Crippen MR) is 124 cm³/mol. The van der Waals surface area contributed by atoms with Crippen LogP contribution in [0.4, 0.5) is 8.78 Å². The lowest BCUT2D eigenvalue weighted by Crippen LogP contribution is -2.41. The highest BCUT2D eigenvalue weighted by molar-refractivity contribution is 7.98. The van der Waals surface area contributed by atoms with E-state index in [4.69, 9.17) is 5.26 Å². The summed E-state index contributed by atoms with van der Waals surface area (Å²) in [5, 5.41) is 11.3. The van der Waals surface area contributed by atoms with Gasteiger partial charge in [-0.15, -0.1) is 11.8 Å². The monoisotopic (exact) mass is 466 g/mol. The molecule has 0 spiro atoms. The number of H-pyrrole nitrogens is 1. The van der Waals surface area contributed by atoms with Crippen molar-refractivity contribution in [2.75, 3.05) is 6.54 Å². The van der Waals surface area contributed by atoms with Gasteiger partial charge in [0.05, 0.1) is 17.7 Å². The van der Waals surface area contributed by atoms with Crippen LogP contribution in [0.3, 0.4) is 0 Å². The van der Waals surface area contributed by atoms with E-state index in [0.717, 1.165) is 33.2 Å². The molecule has 1 aromatic heterocycles. The average molecular weight is 467 g/mol. The van der Waals surface area contributed by atoms with Crippen molar-refractivity contribution in [1.29, 1.82) is 5.26 Å². The molecule has 8 heteroatoms. The summed E-state index contributed by atoms with van der Waals surface area (Å²) >= 11 is 1.67. The third-order valence-electron chi connectivity index (χ3n) is 5.96. The zero-order chi connectivity index (χ0) is 23.3. The Kier molecular flexibility index (Phi) is 7.09. The summed E-state index contributed by atoms with van der Waals surface area (Å²) < 4.78 is 28.4. The van der Waals surface area contributed by atoms with E-state index < -0.39 is 24.2 Å². The summed E-state index contributed by atoms with van der Waals surface area (Å²) in [6.45, 7) is -0.188. The lowest BCUT2D eigenvalue weighted by atomic mass is 9.72. The Balaban J connectivity index is 1.58. The number of amides is 1. The van der Waals surface area contributed by atoms with Crippen molar-refractivity contribution < 1.29 is 13.6 Å². The van der Waals surface area contributed by atoms with Gasteiger partial charge in [0.2, 0.25) is 11.8 Å². The van der Waals surface area contributed by atoms with Gasteiger partial charge in [-0.1, -0.05) is 36.4 Å². The Morgan fingerprint density at radius 2 is 2.03 bits per heavy atom. The quantitative estimate of drug-likeness (QED) is 0.354. The summed E-state index contributed by atoms with van der Waals surface area (Å²) in [5.41, 5.74) is 2.80. The van der Waals surface area contributed by atoms with Crippen molar-refractivity contribution in [3.05, 3.63) is 72.3 Å². The molecule has 1 fully saturated rings. The first-order valence-corrected chi connectivity index (χ1v) is 11.8. The summed E-state index contributed by atoms with van der Waals surface area (Å²) in [6, 6.07) is 17.6. The maximum atomic E-state index is 14.2. The molecule has 1 aliphatic rings. The molecular weight excluding hydrogens is 442 g/mol. The number of imidazole rings is 1. The lowest BCUT2D eigenvalue weighted by Gasteiger charge is -2.36. The van der Waals surface area contributed by atoms with Crippen LogP contribution in [-0.4, -0.2) is 28.3 Å². The number of hydrogen-bond acceptors (Lipinski definition) is 4. The molecule has 2 atom stereocenters. The van der Waals surface area contributed by atoms with E-state index in [9.17, 15) is 13.6 Å². The van der Waals surface area contributed by atoms with Crippen molar-refractivity contribution in [3.8, 4) is 17.2 Å². The molecule has 0 unspecified atom stereocenters. The minimum atomic E-state index is -2.88. The van der Waals surface area contributed by atoms with Crippen LogP contribution < -0.4 is 5.32 Å². The number of nitrogens with zero attached hydrogens (tertiary/aromatic N) is 2. The summed E-state index contributed by atoms with van der Waals surface area (Å²) in [7, 11) is 0. The van der Waals surface area contributed by atoms with Gasteiger partial charge in [0, 0.05) is 30.1 Å². The second-order valence-electron chi connectivity index (χ2n) is 8.12. The van der Waals surface area contributed by atoms with Crippen LogP contribution in [-0.2, 0) is 10.5 Å². The Bertz CT molecular complexity index is 1130. The first-order valence-electron chi connectivity index (χ1n) is 10.8. The minimum absolute atomic E-state index is 0.188. The number of nitrogens with one attached hydrogen (secondary N) is 2. The molecule has 1 amide bonds. The fourth-order valence-electron chi connectivity index (χ4n) is 4.38. The number of hydrogen-bond donors (Lipinski definition) is 2. The molecule has 1 aliphatic carbocycles. The van der Waals surface area contributed by atoms with Gasteiger partial charge in [-0.2, -0.15) is 5.26 Å². The first-order chi connectivity index (χ1) is 16.0. The molecule has 0 radical (unpaired) electrons. The number of benzene rings is 2. The number of alkyl halides is 2. The molecule has 1 heterocycles. The van der Waals surface area contributed by atoms with E-state index in [-0.39, 0.29) is 25.3 Å². The Hall–Kier alpha value is -3.18. The molecule has 0 bridgehead atoms. The highest BCUT2D eigenvalue weighted by Crippen LogP contribution is 2.47. The second-order valence-corrected chi connectivity index (χ2v) is 9.17. The van der Waals surface area contributed by atoms with Gasteiger partial charge >= 0.3 is 0 Å². The van der Waals surface area contributed by atoms with Crippen molar-refractivity contribution in [2.45, 2.75) is 41.8 Å². The van der Waals surface area contributed by atoms with Crippen LogP contribution in [0.15, 0.2) is 65.8 Å². The number of halogens is 2. The third-order valence-corrected chi connectivity index (χ3v) is 6.98. The number of aromatic nitrogens is 2. The highest BCUT2D eigenvalue weighted by Gasteiger charge is 2.45. The van der Waals surface area contributed by atoms with Gasteiger partial charge in [0.1, 0.15) is 12.4 Å². The van der Waals surface area contributed by atoms with Gasteiger partial charge in [-0.3, -0.25) is 4.79 Å². The zero-order valence-corrected chi connectivity index (χ0v) is 18.7. The molecule has 5 nitrogen and oxygen atoms in total. The molecule has 2 N–H and O–H groups in total. The number of thioether (sulfide) groups is 1. The molecular formula is C25H24F2N4OS. The van der Waals surface area contributed by atoms with E-state index in [0.29, 0.717) is 0 Å². The zero-order valence-electron chi connectivity index (χ0n) is 17.9. The summed E-state index contributed by atoms with van der Waals surface area (Å²) in [4.78, 5) is 21.1. The van der Waals surface area contributed by atoms with E-state index in [1.54, 1.807) is 24.2 Å². The molecule has 4 rings (SSSR count). The van der Waals surface area contributed by atoms with Gasteiger partial charge in [0.25, 0.3) is 0 Å². The lowest BCUT2D eigenvalue weighted by molar-refractivity contribution is -0.133. The fourth-order valence-corrected chi connectivity index (χ4v) is 5.17. The Labute approximate surface area is 195 Å². The van der Waals surface area contributed by atoms with Gasteiger partial charge in [0.15, 0.2) is 0 Å². The molecule has 2 aromatic carbocycles. The average Bonchev–Trinajstić information content (AvgIpc) is 3.35. The smallest absolute Gasteiger partial charge is 0.249 e. The van der Waals surface area contributed by atoms with Crippen molar-refractivity contribution in [1.82, 2.24) is 15.3 Å². The van der Waals surface area contributed by atoms with Crippen LogP contribution in [0.25, 0.3) is 11.1 Å². The van der Waals surface area contributed by atoms with Crippen LogP contribution in [0.1, 0.15) is 36.6 Å². The highest BCUT2D eigenvalue weighted by atomic mass is 32.2. The number of carbonyl (C=O) groups excluding carboxylic acids is 1. The van der Waals surface area contributed by atoms with E-state index >= 15 is 0 Å². The Morgan fingerprint density at radius 1 is 1.24 bits per heavy atom. The molecule has 0 aliphatic heterocycles. The van der Waals surface area contributed by atoms with Crippen molar-refractivity contribution in [3.63, 3.8) is 0 Å². The standard InChI is InChI=1S/C25H24F2N4OS/c26-25(27)10-9-21(22(15-25)24(32)31-12-11-28)20-4-2-1-3-19(20)17-5-7-18(8-6-17)33-16-23-29-13-14-30-23/h1-8,13-14,21-22H,9-10,12,15-16H2,(H,29,30)(H,31,32)/t21-,22+/m0/s1. The fraction of sp³-hybridized carbons (Fsp3) is 0.320. The van der Waals surface area contributed by atoms with E-state index in [1.807, 2.05) is 54.6 Å². The topological polar surface area (TPSA) is 81.6 Å². The van der Waals surface area contributed by atoms with Crippen molar-refractivity contribution in [2.24, 2.45) is 5.92 Å². The normalized spacial score (nSPS) is 19.5. The van der Waals surface area contributed by atoms with Gasteiger partial charge in [-0.25, -0.2) is 13.8 Å². The molecule has 170 valence electrons. The number of rotatable bonds is 7. The third kappa shape index (κ3) is 5.60. The molecule has 1 saturated carbocycles. The maximum Gasteiger partial charge on any atom is 0.249 e. The first kappa shape index (κ1) is 23.0. The largest absolute Gasteiger partial charge is 0.348 e. The van der Waals surface area contributed by atoms with Crippen LogP contribution in [0.2, 0.25) is 0 Å². The van der Waals surface area contributed by atoms with Gasteiger partial charge in [-0.05, 0) is 41.2 Å². The number of aromatic amines is 1. The SMILES string of the molecule is N#CCNC(=O)[C@@H]1CC(F)(F)CC[C@H]1c1ccccc1-c1ccc(SCc2ncc[nH]2)cc1. The number of carbonyl (C=O) groups is 1. The number of nitriles is 1.